The first-order valence-corrected chi connectivity index (χ1v) is 10.2. The van der Waals surface area contributed by atoms with Gasteiger partial charge in [0.15, 0.2) is 0 Å². The Balaban J connectivity index is 1.25. The number of carbonyl (C=O) groups is 1. The van der Waals surface area contributed by atoms with Gasteiger partial charge in [0.25, 0.3) is 0 Å². The van der Waals surface area contributed by atoms with Crippen molar-refractivity contribution in [3.8, 4) is 5.75 Å². The van der Waals surface area contributed by atoms with Crippen molar-refractivity contribution < 1.29 is 9.53 Å². The van der Waals surface area contributed by atoms with Gasteiger partial charge in [0, 0.05) is 25.0 Å². The Labute approximate surface area is 156 Å². The van der Waals surface area contributed by atoms with Crippen molar-refractivity contribution in [2.75, 3.05) is 38.2 Å². The molecule has 0 aromatic heterocycles. The lowest BCUT2D eigenvalue weighted by atomic mass is 9.92. The third-order valence-corrected chi connectivity index (χ3v) is 6.43. The highest BCUT2D eigenvalue weighted by atomic mass is 16.5. The Hall–Kier alpha value is -1.75. The van der Waals surface area contributed by atoms with E-state index >= 15 is 0 Å². The van der Waals surface area contributed by atoms with Crippen LogP contribution >= 0.6 is 0 Å². The lowest BCUT2D eigenvalue weighted by molar-refractivity contribution is -0.123. The molecule has 2 saturated heterocycles. The van der Waals surface area contributed by atoms with Crippen LogP contribution in [0.15, 0.2) is 24.3 Å². The number of benzene rings is 1. The van der Waals surface area contributed by atoms with Crippen LogP contribution in [-0.2, 0) is 4.79 Å². The molecule has 142 valence electrons. The molecule has 3 fully saturated rings. The van der Waals surface area contributed by atoms with E-state index in [1.165, 1.54) is 12.8 Å². The molecule has 26 heavy (non-hydrogen) atoms. The number of hydrogen-bond donors (Lipinski definition) is 2. The molecule has 1 saturated carbocycles. The first kappa shape index (κ1) is 17.7. The van der Waals surface area contributed by atoms with Gasteiger partial charge in [-0.05, 0) is 69.2 Å². The van der Waals surface area contributed by atoms with Crippen molar-refractivity contribution in [2.45, 2.75) is 38.1 Å². The monoisotopic (exact) mass is 357 g/mol. The summed E-state index contributed by atoms with van der Waals surface area (Å²) in [6.45, 7) is 4.18. The summed E-state index contributed by atoms with van der Waals surface area (Å²) >= 11 is 0. The van der Waals surface area contributed by atoms with Gasteiger partial charge < -0.3 is 20.3 Å². The highest BCUT2D eigenvalue weighted by Gasteiger charge is 2.47. The maximum Gasteiger partial charge on any atom is 0.223 e. The van der Waals surface area contributed by atoms with Gasteiger partial charge in [0.05, 0.1) is 12.8 Å². The summed E-state index contributed by atoms with van der Waals surface area (Å²) in [7, 11) is 1.72. The topological polar surface area (TPSA) is 53.6 Å². The third-order valence-electron chi connectivity index (χ3n) is 6.43. The van der Waals surface area contributed by atoms with Crippen LogP contribution < -0.4 is 20.3 Å². The van der Waals surface area contributed by atoms with E-state index in [0.29, 0.717) is 17.9 Å². The summed E-state index contributed by atoms with van der Waals surface area (Å²) < 4.78 is 5.48. The van der Waals surface area contributed by atoms with Crippen LogP contribution in [0, 0.1) is 17.8 Å². The van der Waals surface area contributed by atoms with Crippen molar-refractivity contribution in [3.05, 3.63) is 24.3 Å². The van der Waals surface area contributed by atoms with E-state index < -0.39 is 0 Å². The van der Waals surface area contributed by atoms with Crippen LogP contribution in [0.2, 0.25) is 0 Å². The minimum atomic E-state index is 0.283. The van der Waals surface area contributed by atoms with Gasteiger partial charge in [-0.3, -0.25) is 4.79 Å². The number of methoxy groups -OCH3 is 1. The largest absolute Gasteiger partial charge is 0.495 e. The summed E-state index contributed by atoms with van der Waals surface area (Å²) in [4.78, 5) is 15.0. The minimum Gasteiger partial charge on any atom is -0.495 e. The molecule has 0 unspecified atom stereocenters. The first-order chi connectivity index (χ1) is 12.8. The molecule has 1 amide bonds. The third kappa shape index (κ3) is 3.83. The Bertz CT molecular complexity index is 621. The normalized spacial score (nSPS) is 27.2. The van der Waals surface area contributed by atoms with Crippen LogP contribution in [-0.4, -0.2) is 45.2 Å². The van der Waals surface area contributed by atoms with Gasteiger partial charge in [-0.25, -0.2) is 0 Å². The Morgan fingerprint density at radius 2 is 1.88 bits per heavy atom. The molecule has 0 radical (unpaired) electrons. The highest BCUT2D eigenvalue weighted by Crippen LogP contribution is 2.47. The summed E-state index contributed by atoms with van der Waals surface area (Å²) in [5, 5.41) is 6.76. The van der Waals surface area contributed by atoms with Gasteiger partial charge in [-0.2, -0.15) is 0 Å². The standard InChI is InChI=1S/C21H31N3O2/c1-26-20-5-3-2-4-19(20)24-12-8-16(9-13-24)23-21(25)18-14-17(18)15-6-10-22-11-7-15/h2-5,15-18,22H,6-14H2,1H3,(H,23,25)/t17-,18+/m0/s1. The van der Waals surface area contributed by atoms with Crippen molar-refractivity contribution in [2.24, 2.45) is 17.8 Å². The fourth-order valence-corrected chi connectivity index (χ4v) is 4.77. The second kappa shape index (κ2) is 7.87. The smallest absolute Gasteiger partial charge is 0.223 e. The average molecular weight is 357 g/mol. The maximum atomic E-state index is 12.6. The Morgan fingerprint density at radius 1 is 1.15 bits per heavy atom. The molecule has 0 spiro atoms. The zero-order valence-electron chi connectivity index (χ0n) is 15.7. The number of rotatable bonds is 5. The molecular weight excluding hydrogens is 326 g/mol. The fourth-order valence-electron chi connectivity index (χ4n) is 4.77. The molecule has 0 bridgehead atoms. The van der Waals surface area contributed by atoms with E-state index in [9.17, 15) is 4.79 Å². The van der Waals surface area contributed by atoms with Crippen molar-refractivity contribution in [1.82, 2.24) is 10.6 Å². The predicted octanol–water partition coefficient (Wildman–Crippen LogP) is 2.42. The molecular formula is C21H31N3O2. The van der Waals surface area contributed by atoms with Crippen LogP contribution in [0.3, 0.4) is 0 Å². The van der Waals surface area contributed by atoms with Gasteiger partial charge in [0.1, 0.15) is 5.75 Å². The van der Waals surface area contributed by atoms with E-state index in [2.05, 4.69) is 27.7 Å². The van der Waals surface area contributed by atoms with E-state index in [4.69, 9.17) is 4.74 Å². The van der Waals surface area contributed by atoms with Crippen molar-refractivity contribution in [1.29, 1.82) is 0 Å². The number of piperidine rings is 2. The molecule has 1 aliphatic carbocycles. The van der Waals surface area contributed by atoms with Gasteiger partial charge >= 0.3 is 0 Å². The van der Waals surface area contributed by atoms with Crippen LogP contribution in [0.5, 0.6) is 5.75 Å². The lowest BCUT2D eigenvalue weighted by Crippen LogP contribution is -2.45. The maximum absolute atomic E-state index is 12.6. The van der Waals surface area contributed by atoms with Gasteiger partial charge in [-0.1, -0.05) is 12.1 Å². The average Bonchev–Trinajstić information content (AvgIpc) is 3.50. The number of carbonyl (C=O) groups excluding carboxylic acids is 1. The first-order valence-electron chi connectivity index (χ1n) is 10.2. The van der Waals surface area contributed by atoms with Gasteiger partial charge in [-0.15, -0.1) is 0 Å². The van der Waals surface area contributed by atoms with Gasteiger partial charge in [0.2, 0.25) is 5.91 Å². The number of ether oxygens (including phenoxy) is 1. The second-order valence-electron chi connectivity index (χ2n) is 8.04. The molecule has 5 heteroatoms. The molecule has 2 aliphatic heterocycles. The molecule has 2 heterocycles. The fraction of sp³-hybridized carbons (Fsp3) is 0.667. The predicted molar refractivity (Wildman–Crippen MR) is 104 cm³/mol. The molecule has 1 aromatic rings. The van der Waals surface area contributed by atoms with E-state index in [-0.39, 0.29) is 5.92 Å². The highest BCUT2D eigenvalue weighted by molar-refractivity contribution is 5.82. The molecule has 2 N–H and O–H groups in total. The SMILES string of the molecule is COc1ccccc1N1CCC(NC(=O)[C@@H]2C[C@H]2C2CCNCC2)CC1. The zero-order valence-corrected chi connectivity index (χ0v) is 15.7. The summed E-state index contributed by atoms with van der Waals surface area (Å²) in [6, 6.07) is 8.51. The Kier molecular flexibility index (Phi) is 5.34. The summed E-state index contributed by atoms with van der Waals surface area (Å²) in [5.41, 5.74) is 1.16. The summed E-state index contributed by atoms with van der Waals surface area (Å²) in [6.07, 6.45) is 5.61. The number of anilines is 1. The minimum absolute atomic E-state index is 0.283. The van der Waals surface area contributed by atoms with Crippen molar-refractivity contribution in [3.63, 3.8) is 0 Å². The molecule has 2 atom stereocenters. The van der Waals surface area contributed by atoms with Crippen LogP contribution in [0.25, 0.3) is 0 Å². The Morgan fingerprint density at radius 3 is 2.62 bits per heavy atom. The molecule has 1 aromatic carbocycles. The van der Waals surface area contributed by atoms with Crippen molar-refractivity contribution >= 4 is 11.6 Å². The molecule has 4 rings (SSSR count). The van der Waals surface area contributed by atoms with E-state index in [1.807, 2.05) is 12.1 Å². The number of nitrogens with zero attached hydrogens (tertiary/aromatic N) is 1. The van der Waals surface area contributed by atoms with Crippen LogP contribution in [0.1, 0.15) is 32.1 Å². The number of nitrogens with one attached hydrogen (secondary N) is 2. The molecule has 5 nitrogen and oxygen atoms in total. The van der Waals surface area contributed by atoms with E-state index in [0.717, 1.165) is 62.8 Å². The number of amides is 1. The zero-order chi connectivity index (χ0) is 17.9. The number of para-hydroxylation sites is 2. The van der Waals surface area contributed by atoms with E-state index in [1.54, 1.807) is 7.11 Å². The van der Waals surface area contributed by atoms with Crippen LogP contribution in [0.4, 0.5) is 5.69 Å². The quantitative estimate of drug-likeness (QED) is 0.850. The summed E-state index contributed by atoms with van der Waals surface area (Å²) in [5.74, 6) is 2.93. The second-order valence-corrected chi connectivity index (χ2v) is 8.04. The molecule has 3 aliphatic rings. The number of hydrogen-bond acceptors (Lipinski definition) is 4. The lowest BCUT2D eigenvalue weighted by Gasteiger charge is -2.34.